The number of carboxylic acid groups (broad SMARTS) is 1. The standard InChI is InChI=1S/C27H22FN5O5S/c1-13-4-18(23-19(5-13)31-21(36-3)10-30-23)26-32-22-14(2)6-20-24(25(22)39-26)37-12-17(38-20)11-33(27(34)35)16-7-15(28)8-29-9-16/h4-10,17H,11-12H2,1-3H3,(H,34,35)/t17-/m1/s1. The van der Waals surface area contributed by atoms with Crippen molar-refractivity contribution in [1.82, 2.24) is 19.9 Å². The third kappa shape index (κ3) is 4.52. The molecule has 0 radical (unpaired) electrons. The number of hydrogen-bond donors (Lipinski definition) is 1. The zero-order valence-electron chi connectivity index (χ0n) is 21.1. The van der Waals surface area contributed by atoms with Crippen LogP contribution < -0.4 is 19.1 Å². The maximum Gasteiger partial charge on any atom is 0.411 e. The molecule has 1 N–H and O–H groups in total. The molecule has 39 heavy (non-hydrogen) atoms. The zero-order chi connectivity index (χ0) is 27.3. The van der Waals surface area contributed by atoms with Crippen molar-refractivity contribution in [3.05, 3.63) is 59.8 Å². The van der Waals surface area contributed by atoms with Gasteiger partial charge >= 0.3 is 6.09 Å². The second-order valence-corrected chi connectivity index (χ2v) is 10.1. The molecule has 1 atom stereocenters. The van der Waals surface area contributed by atoms with Crippen LogP contribution in [0.1, 0.15) is 11.1 Å². The Morgan fingerprint density at radius 1 is 1.18 bits per heavy atom. The first-order valence-electron chi connectivity index (χ1n) is 12.0. The number of methoxy groups -OCH3 is 1. The van der Waals surface area contributed by atoms with Crippen LogP contribution in [-0.4, -0.2) is 57.5 Å². The lowest BCUT2D eigenvalue weighted by Gasteiger charge is -2.30. The first-order valence-corrected chi connectivity index (χ1v) is 12.8. The van der Waals surface area contributed by atoms with Gasteiger partial charge in [0.1, 0.15) is 22.1 Å². The molecular weight excluding hydrogens is 525 g/mol. The molecule has 5 aromatic rings. The van der Waals surface area contributed by atoms with Crippen molar-refractivity contribution in [2.75, 3.05) is 25.2 Å². The number of amides is 1. The lowest BCUT2D eigenvalue weighted by atomic mass is 10.1. The number of aryl methyl sites for hydroxylation is 2. The minimum absolute atomic E-state index is 0.0671. The van der Waals surface area contributed by atoms with Crippen molar-refractivity contribution < 1.29 is 28.5 Å². The summed E-state index contributed by atoms with van der Waals surface area (Å²) >= 11 is 1.46. The quantitative estimate of drug-likeness (QED) is 0.309. The van der Waals surface area contributed by atoms with E-state index >= 15 is 0 Å². The summed E-state index contributed by atoms with van der Waals surface area (Å²) in [7, 11) is 1.55. The molecule has 198 valence electrons. The Hall–Kier alpha value is -4.58. The Balaban J connectivity index is 1.35. The fourth-order valence-electron chi connectivity index (χ4n) is 4.56. The summed E-state index contributed by atoms with van der Waals surface area (Å²) in [4.78, 5) is 30.7. The molecule has 0 aliphatic carbocycles. The Bertz CT molecular complexity index is 1760. The molecule has 0 fully saturated rings. The Morgan fingerprint density at radius 2 is 2.03 bits per heavy atom. The molecule has 0 unspecified atom stereocenters. The molecule has 0 saturated heterocycles. The maximum atomic E-state index is 13.7. The highest BCUT2D eigenvalue weighted by atomic mass is 32.1. The average Bonchev–Trinajstić information content (AvgIpc) is 3.37. The van der Waals surface area contributed by atoms with Gasteiger partial charge in [0.25, 0.3) is 0 Å². The molecule has 3 aromatic heterocycles. The normalized spacial score (nSPS) is 14.5. The summed E-state index contributed by atoms with van der Waals surface area (Å²) < 4.78 is 32.0. The van der Waals surface area contributed by atoms with Gasteiger partial charge in [-0.25, -0.2) is 24.1 Å². The van der Waals surface area contributed by atoms with Gasteiger partial charge in [-0.15, -0.1) is 11.3 Å². The van der Waals surface area contributed by atoms with Gasteiger partial charge in [-0.3, -0.25) is 9.88 Å². The van der Waals surface area contributed by atoms with Crippen molar-refractivity contribution in [3.63, 3.8) is 0 Å². The monoisotopic (exact) mass is 547 g/mol. The number of thiazole rings is 1. The van der Waals surface area contributed by atoms with Gasteiger partial charge < -0.3 is 19.3 Å². The number of nitrogens with zero attached hydrogens (tertiary/aromatic N) is 5. The van der Waals surface area contributed by atoms with E-state index in [4.69, 9.17) is 19.2 Å². The number of fused-ring (bicyclic) bond motifs is 4. The van der Waals surface area contributed by atoms with Gasteiger partial charge in [0.15, 0.2) is 17.6 Å². The van der Waals surface area contributed by atoms with Gasteiger partial charge in [0, 0.05) is 11.6 Å². The lowest BCUT2D eigenvalue weighted by molar-refractivity contribution is 0.0961. The molecule has 10 nitrogen and oxygen atoms in total. The fourth-order valence-corrected chi connectivity index (χ4v) is 5.71. The number of carbonyl (C=O) groups is 1. The number of ether oxygens (including phenoxy) is 3. The number of hydrogen-bond acceptors (Lipinski definition) is 9. The first-order chi connectivity index (χ1) is 18.8. The number of aromatic nitrogens is 4. The molecule has 6 rings (SSSR count). The van der Waals surface area contributed by atoms with Crippen molar-refractivity contribution in [2.24, 2.45) is 0 Å². The van der Waals surface area contributed by atoms with Crippen LogP contribution in [0.3, 0.4) is 0 Å². The van der Waals surface area contributed by atoms with Crippen molar-refractivity contribution in [3.8, 4) is 28.0 Å². The minimum Gasteiger partial charge on any atom is -0.484 e. The Morgan fingerprint density at radius 3 is 2.79 bits per heavy atom. The molecule has 0 saturated carbocycles. The SMILES string of the molecule is COc1cnc2c(-c3nc4c(C)cc5c(c4s3)OC[C@@H](CN(C(=O)O)c3cncc(F)c3)O5)cc(C)cc2n1. The summed E-state index contributed by atoms with van der Waals surface area (Å²) in [5, 5.41) is 10.5. The van der Waals surface area contributed by atoms with E-state index < -0.39 is 18.0 Å². The largest absolute Gasteiger partial charge is 0.484 e. The topological polar surface area (TPSA) is 120 Å². The molecule has 2 aromatic carbocycles. The zero-order valence-corrected chi connectivity index (χ0v) is 22.0. The van der Waals surface area contributed by atoms with Gasteiger partial charge in [-0.2, -0.15) is 0 Å². The molecule has 0 bridgehead atoms. The predicted molar refractivity (Wildman–Crippen MR) is 144 cm³/mol. The van der Waals surface area contributed by atoms with Gasteiger partial charge in [0.05, 0.1) is 54.5 Å². The van der Waals surface area contributed by atoms with Crippen LogP contribution in [0.2, 0.25) is 0 Å². The van der Waals surface area contributed by atoms with Crippen LogP contribution in [0.4, 0.5) is 14.9 Å². The molecular formula is C27H22FN5O5S. The average molecular weight is 548 g/mol. The summed E-state index contributed by atoms with van der Waals surface area (Å²) in [6.07, 6.45) is 2.02. The van der Waals surface area contributed by atoms with Crippen molar-refractivity contribution in [1.29, 1.82) is 0 Å². The summed E-state index contributed by atoms with van der Waals surface area (Å²) in [6, 6.07) is 6.92. The van der Waals surface area contributed by atoms with Crippen molar-refractivity contribution >= 4 is 44.4 Å². The van der Waals surface area contributed by atoms with Crippen LogP contribution in [0, 0.1) is 19.7 Å². The van der Waals surface area contributed by atoms with Crippen molar-refractivity contribution in [2.45, 2.75) is 20.0 Å². The number of rotatable bonds is 5. The van der Waals surface area contributed by atoms with Gasteiger partial charge in [-0.05, 0) is 43.2 Å². The molecule has 0 spiro atoms. The van der Waals surface area contributed by atoms with Crippen LogP contribution >= 0.6 is 11.3 Å². The van der Waals surface area contributed by atoms with Crippen LogP contribution in [0.15, 0.2) is 42.9 Å². The van der Waals surface area contributed by atoms with Crippen LogP contribution in [0.25, 0.3) is 31.8 Å². The van der Waals surface area contributed by atoms with Crippen LogP contribution in [0.5, 0.6) is 17.4 Å². The van der Waals surface area contributed by atoms with E-state index in [-0.39, 0.29) is 18.8 Å². The molecule has 12 heteroatoms. The smallest absolute Gasteiger partial charge is 0.411 e. The number of pyridine rings is 1. The highest BCUT2D eigenvalue weighted by molar-refractivity contribution is 7.22. The van der Waals surface area contributed by atoms with E-state index in [1.807, 2.05) is 32.0 Å². The van der Waals surface area contributed by atoms with Gasteiger partial charge in [-0.1, -0.05) is 0 Å². The first kappa shape index (κ1) is 24.7. The number of halogens is 1. The van der Waals surface area contributed by atoms with Crippen LogP contribution in [-0.2, 0) is 0 Å². The third-order valence-electron chi connectivity index (χ3n) is 6.31. The maximum absolute atomic E-state index is 13.7. The summed E-state index contributed by atoms with van der Waals surface area (Å²) in [5.41, 5.74) is 5.06. The van der Waals surface area contributed by atoms with E-state index in [1.54, 1.807) is 13.3 Å². The van der Waals surface area contributed by atoms with Gasteiger partial charge in [0.2, 0.25) is 5.88 Å². The lowest BCUT2D eigenvalue weighted by Crippen LogP contribution is -2.43. The highest BCUT2D eigenvalue weighted by Gasteiger charge is 2.30. The molecule has 4 heterocycles. The van der Waals surface area contributed by atoms with E-state index in [0.717, 1.165) is 49.1 Å². The molecule has 1 aliphatic heterocycles. The minimum atomic E-state index is -1.25. The third-order valence-corrected chi connectivity index (χ3v) is 7.40. The molecule has 1 amide bonds. The number of benzene rings is 2. The number of anilines is 1. The van der Waals surface area contributed by atoms with E-state index in [1.165, 1.54) is 17.5 Å². The van der Waals surface area contributed by atoms with E-state index in [2.05, 4.69) is 15.0 Å². The summed E-state index contributed by atoms with van der Waals surface area (Å²) in [6.45, 7) is 3.95. The Labute approximate surface area is 225 Å². The second kappa shape index (κ2) is 9.62. The van der Waals surface area contributed by atoms with E-state index in [9.17, 15) is 14.3 Å². The van der Waals surface area contributed by atoms with E-state index in [0.29, 0.717) is 28.4 Å². The molecule has 1 aliphatic rings. The summed E-state index contributed by atoms with van der Waals surface area (Å²) in [5.74, 6) is 0.848. The predicted octanol–water partition coefficient (Wildman–Crippen LogP) is 5.39. The highest BCUT2D eigenvalue weighted by Crippen LogP contribution is 2.46. The fraction of sp³-hybridized carbons (Fsp3) is 0.222. The second-order valence-electron chi connectivity index (χ2n) is 9.12. The Kier molecular flexibility index (Phi) is 6.10.